The number of aromatic nitrogens is 1. The molecule has 1 nitrogen and oxygen atoms in total. The number of hydrogen-bond acceptors (Lipinski definition) is 0. The first-order chi connectivity index (χ1) is 8.24. The van der Waals surface area contributed by atoms with Gasteiger partial charge in [0.1, 0.15) is 0 Å². The van der Waals surface area contributed by atoms with E-state index in [9.17, 15) is 0 Å². The molecule has 0 amide bonds. The predicted molar refractivity (Wildman–Crippen MR) is 73.8 cm³/mol. The molecule has 0 radical (unpaired) electrons. The van der Waals surface area contributed by atoms with E-state index in [4.69, 9.17) is 23.2 Å². The standard InChI is InChI=1S/C14H9Cl2N/c15-11-2-3-12(13(16)8-11)9-1-4-14-10(7-9)5-6-17-14/h1-8,17H. The summed E-state index contributed by atoms with van der Waals surface area (Å²) in [7, 11) is 0. The molecule has 2 aromatic carbocycles. The summed E-state index contributed by atoms with van der Waals surface area (Å²) < 4.78 is 0. The van der Waals surface area contributed by atoms with E-state index < -0.39 is 0 Å². The summed E-state index contributed by atoms with van der Waals surface area (Å²) >= 11 is 12.1. The molecular weight excluding hydrogens is 253 g/mol. The van der Waals surface area contributed by atoms with E-state index >= 15 is 0 Å². The minimum atomic E-state index is 0.654. The number of halogens is 2. The number of rotatable bonds is 1. The molecule has 0 aliphatic heterocycles. The SMILES string of the molecule is Clc1ccc(-c2ccc3[nH]ccc3c2)c(Cl)c1. The molecule has 84 valence electrons. The van der Waals surface area contributed by atoms with Crippen molar-refractivity contribution >= 4 is 34.1 Å². The molecule has 0 aliphatic carbocycles. The Labute approximate surface area is 109 Å². The van der Waals surface area contributed by atoms with Crippen molar-refractivity contribution in [3.8, 4) is 11.1 Å². The highest BCUT2D eigenvalue weighted by Gasteiger charge is 2.05. The topological polar surface area (TPSA) is 15.8 Å². The summed E-state index contributed by atoms with van der Waals surface area (Å²) in [6.07, 6.45) is 1.93. The lowest BCUT2D eigenvalue weighted by atomic mass is 10.0. The average molecular weight is 262 g/mol. The number of hydrogen-bond donors (Lipinski definition) is 1. The van der Waals surface area contributed by atoms with Gasteiger partial charge >= 0.3 is 0 Å². The molecular formula is C14H9Cl2N. The van der Waals surface area contributed by atoms with E-state index in [2.05, 4.69) is 17.1 Å². The Morgan fingerprint density at radius 1 is 0.882 bits per heavy atom. The highest BCUT2D eigenvalue weighted by atomic mass is 35.5. The van der Waals surface area contributed by atoms with Crippen LogP contribution in [0.1, 0.15) is 0 Å². The van der Waals surface area contributed by atoms with Gasteiger partial charge in [0.15, 0.2) is 0 Å². The van der Waals surface area contributed by atoms with E-state index in [1.807, 2.05) is 30.5 Å². The third kappa shape index (κ3) is 1.92. The highest BCUT2D eigenvalue weighted by Crippen LogP contribution is 2.31. The maximum Gasteiger partial charge on any atom is 0.0499 e. The number of fused-ring (bicyclic) bond motifs is 1. The molecule has 0 bridgehead atoms. The lowest BCUT2D eigenvalue weighted by Crippen LogP contribution is -1.80. The summed E-state index contributed by atoms with van der Waals surface area (Å²) in [6.45, 7) is 0. The fraction of sp³-hybridized carbons (Fsp3) is 0. The van der Waals surface area contributed by atoms with Gasteiger partial charge in [-0.25, -0.2) is 0 Å². The molecule has 3 heteroatoms. The van der Waals surface area contributed by atoms with Gasteiger partial charge in [0, 0.05) is 27.3 Å². The Morgan fingerprint density at radius 3 is 2.59 bits per heavy atom. The van der Waals surface area contributed by atoms with Gasteiger partial charge in [-0.2, -0.15) is 0 Å². The second-order valence-electron chi connectivity index (χ2n) is 3.90. The average Bonchev–Trinajstić information content (AvgIpc) is 2.75. The van der Waals surface area contributed by atoms with Gasteiger partial charge in [0.05, 0.1) is 0 Å². The first-order valence-corrected chi connectivity index (χ1v) is 6.02. The van der Waals surface area contributed by atoms with E-state index in [0.717, 1.165) is 16.6 Å². The van der Waals surface area contributed by atoms with Crippen molar-refractivity contribution in [3.63, 3.8) is 0 Å². The van der Waals surface area contributed by atoms with Crippen molar-refractivity contribution < 1.29 is 0 Å². The molecule has 0 saturated carbocycles. The van der Waals surface area contributed by atoms with Crippen LogP contribution in [0.3, 0.4) is 0 Å². The maximum absolute atomic E-state index is 6.20. The van der Waals surface area contributed by atoms with Gasteiger partial charge in [-0.15, -0.1) is 0 Å². The van der Waals surface area contributed by atoms with Crippen molar-refractivity contribution in [2.45, 2.75) is 0 Å². The van der Waals surface area contributed by atoms with Crippen molar-refractivity contribution in [2.75, 3.05) is 0 Å². The molecule has 3 rings (SSSR count). The summed E-state index contributed by atoms with van der Waals surface area (Å²) in [5.41, 5.74) is 3.22. The first-order valence-electron chi connectivity index (χ1n) is 5.26. The first kappa shape index (κ1) is 10.7. The lowest BCUT2D eigenvalue weighted by molar-refractivity contribution is 1.48. The number of benzene rings is 2. The lowest BCUT2D eigenvalue weighted by Gasteiger charge is -2.05. The van der Waals surface area contributed by atoms with Crippen LogP contribution in [0.25, 0.3) is 22.0 Å². The van der Waals surface area contributed by atoms with Crippen LogP contribution in [-0.4, -0.2) is 4.98 Å². The van der Waals surface area contributed by atoms with Crippen molar-refractivity contribution in [1.29, 1.82) is 0 Å². The van der Waals surface area contributed by atoms with Crippen LogP contribution in [0.2, 0.25) is 10.0 Å². The Kier molecular flexibility index (Phi) is 2.58. The quantitative estimate of drug-likeness (QED) is 0.624. The number of aromatic amines is 1. The number of H-pyrrole nitrogens is 1. The normalized spacial score (nSPS) is 10.9. The van der Waals surface area contributed by atoms with Gasteiger partial charge < -0.3 is 4.98 Å². The minimum absolute atomic E-state index is 0.654. The largest absolute Gasteiger partial charge is 0.361 e. The van der Waals surface area contributed by atoms with Crippen molar-refractivity contribution in [3.05, 3.63) is 58.7 Å². The van der Waals surface area contributed by atoms with Crippen LogP contribution in [0.5, 0.6) is 0 Å². The smallest absolute Gasteiger partial charge is 0.0499 e. The third-order valence-electron chi connectivity index (χ3n) is 2.80. The summed E-state index contributed by atoms with van der Waals surface area (Å²) in [5, 5.41) is 2.50. The monoisotopic (exact) mass is 261 g/mol. The van der Waals surface area contributed by atoms with Gasteiger partial charge in [0.2, 0.25) is 0 Å². The molecule has 1 aromatic heterocycles. The summed E-state index contributed by atoms with van der Waals surface area (Å²) in [4.78, 5) is 3.17. The van der Waals surface area contributed by atoms with Crippen LogP contribution in [0.15, 0.2) is 48.7 Å². The van der Waals surface area contributed by atoms with Crippen molar-refractivity contribution in [2.24, 2.45) is 0 Å². The van der Waals surface area contributed by atoms with Gasteiger partial charge in [-0.05, 0) is 41.3 Å². The molecule has 0 aliphatic rings. The molecule has 0 atom stereocenters. The van der Waals surface area contributed by atoms with E-state index in [1.54, 1.807) is 6.07 Å². The highest BCUT2D eigenvalue weighted by molar-refractivity contribution is 6.36. The van der Waals surface area contributed by atoms with Gasteiger partial charge in [-0.3, -0.25) is 0 Å². The predicted octanol–water partition coefficient (Wildman–Crippen LogP) is 5.14. The summed E-state index contributed by atoms with van der Waals surface area (Å²) in [6, 6.07) is 13.8. The minimum Gasteiger partial charge on any atom is -0.361 e. The molecule has 1 N–H and O–H groups in total. The molecule has 0 spiro atoms. The Morgan fingerprint density at radius 2 is 1.76 bits per heavy atom. The van der Waals surface area contributed by atoms with Crippen LogP contribution in [-0.2, 0) is 0 Å². The van der Waals surface area contributed by atoms with Crippen LogP contribution >= 0.6 is 23.2 Å². The fourth-order valence-electron chi connectivity index (χ4n) is 1.94. The Balaban J connectivity index is 2.19. The van der Waals surface area contributed by atoms with Crippen LogP contribution in [0.4, 0.5) is 0 Å². The second kappa shape index (κ2) is 4.10. The maximum atomic E-state index is 6.20. The zero-order valence-electron chi connectivity index (χ0n) is 8.87. The van der Waals surface area contributed by atoms with Gasteiger partial charge in [0.25, 0.3) is 0 Å². The van der Waals surface area contributed by atoms with Crippen molar-refractivity contribution in [1.82, 2.24) is 4.98 Å². The third-order valence-corrected chi connectivity index (χ3v) is 3.34. The van der Waals surface area contributed by atoms with Crippen LogP contribution < -0.4 is 0 Å². The summed E-state index contributed by atoms with van der Waals surface area (Å²) in [5.74, 6) is 0. The Hall–Kier alpha value is -1.44. The second-order valence-corrected chi connectivity index (χ2v) is 4.75. The molecule has 0 saturated heterocycles. The molecule has 0 fully saturated rings. The Bertz CT molecular complexity index is 686. The van der Waals surface area contributed by atoms with Gasteiger partial charge in [-0.1, -0.05) is 35.3 Å². The molecule has 1 heterocycles. The molecule has 0 unspecified atom stereocenters. The zero-order valence-corrected chi connectivity index (χ0v) is 10.4. The zero-order chi connectivity index (χ0) is 11.8. The van der Waals surface area contributed by atoms with E-state index in [1.165, 1.54) is 5.39 Å². The molecule has 3 aromatic rings. The van der Waals surface area contributed by atoms with E-state index in [0.29, 0.717) is 10.0 Å². The fourth-order valence-corrected chi connectivity index (χ4v) is 2.46. The van der Waals surface area contributed by atoms with E-state index in [-0.39, 0.29) is 0 Å². The van der Waals surface area contributed by atoms with Crippen LogP contribution in [0, 0.1) is 0 Å². The number of nitrogens with one attached hydrogen (secondary N) is 1. The molecule has 17 heavy (non-hydrogen) atoms.